The van der Waals surface area contributed by atoms with Crippen LogP contribution in [0.5, 0.6) is 0 Å². The predicted octanol–water partition coefficient (Wildman–Crippen LogP) is 10.4. The molecule has 2 fully saturated rings. The van der Waals surface area contributed by atoms with E-state index in [1.807, 2.05) is 6.08 Å². The van der Waals surface area contributed by atoms with Gasteiger partial charge in [-0.05, 0) is 103 Å². The van der Waals surface area contributed by atoms with Gasteiger partial charge in [0.15, 0.2) is 12.6 Å². The number of carbonyl (C=O) groups excluding carboxylic acids is 1. The second kappa shape index (κ2) is 48.8. The Morgan fingerprint density at radius 1 is 0.456 bits per heavy atom. The average molecular weight is 1110 g/mol. The minimum Gasteiger partial charge on any atom is -0.394 e. The van der Waals surface area contributed by atoms with Crippen molar-refractivity contribution in [1.82, 2.24) is 5.32 Å². The van der Waals surface area contributed by atoms with E-state index in [-0.39, 0.29) is 18.9 Å². The SMILES string of the molecule is CC/C=C\C/C=C\C/C=C\C/C=C\C/C=C\C/C=C\C/C=C\C/C=C\CCCCCCCCCCCCC(=O)NC(COC1OC(CO)C(OC2OC(CO)C(O)C(O)C2O)C(O)C1O)C(O)/C=C/CC/C=C/CC/C=C/CC. The molecule has 0 aromatic heterocycles. The second-order valence-corrected chi connectivity index (χ2v) is 20.3. The van der Waals surface area contributed by atoms with Gasteiger partial charge in [0.05, 0.1) is 32.0 Å². The molecule has 2 heterocycles. The summed E-state index contributed by atoms with van der Waals surface area (Å²) < 4.78 is 22.7. The molecule has 2 saturated heterocycles. The summed E-state index contributed by atoms with van der Waals surface area (Å²) in [6.07, 6.45) is 55.2. The number of allylic oxidation sites excluding steroid dienone is 21. The third-order valence-electron chi connectivity index (χ3n) is 13.6. The minimum absolute atomic E-state index is 0.255. The number of hydrogen-bond donors (Lipinski definition) is 9. The summed E-state index contributed by atoms with van der Waals surface area (Å²) in [5.74, 6) is -0.268. The van der Waals surface area contributed by atoms with Crippen LogP contribution < -0.4 is 5.32 Å². The Kier molecular flexibility index (Phi) is 44.0. The van der Waals surface area contributed by atoms with Gasteiger partial charge in [0.1, 0.15) is 48.8 Å². The van der Waals surface area contributed by atoms with Gasteiger partial charge in [-0.3, -0.25) is 4.79 Å². The fourth-order valence-electron chi connectivity index (χ4n) is 8.81. The van der Waals surface area contributed by atoms with Crippen LogP contribution in [0, 0.1) is 0 Å². The zero-order valence-corrected chi connectivity index (χ0v) is 48.0. The van der Waals surface area contributed by atoms with Gasteiger partial charge >= 0.3 is 0 Å². The lowest BCUT2D eigenvalue weighted by atomic mass is 9.97. The quantitative estimate of drug-likeness (QED) is 0.0205. The van der Waals surface area contributed by atoms with Crippen molar-refractivity contribution in [2.24, 2.45) is 0 Å². The monoisotopic (exact) mass is 1110 g/mol. The topological polar surface area (TPSA) is 228 Å². The fraction of sp³-hybridized carbons (Fsp3) is 0.646. The van der Waals surface area contributed by atoms with Gasteiger partial charge in [-0.25, -0.2) is 0 Å². The zero-order valence-electron chi connectivity index (χ0n) is 48.0. The standard InChI is InChI=1S/C65H105NO13/c1-3-5-7-9-11-13-15-16-17-18-19-20-21-22-23-24-25-26-27-28-29-30-31-32-33-34-35-36-37-38-39-41-43-45-47-49-57(70)66-53(54(69)48-46-44-42-40-14-12-10-8-6-4-2)52-76-64-62(75)60(73)63(56(51-68)78-64)79-65-61(74)59(72)58(71)55(50-67)77-65/h5-8,11,13-14,16-17,19-20,22-23,25-26,28-29,31-32,40,46,48,53-56,58-65,67-69,71-75H,3-4,9-10,12,15,18,21,24,27,30,33-39,41-45,47,49-52H2,1-2H3,(H,66,70)/b7-5-,8-6+,13-11-,17-16-,20-19-,23-22-,26-25-,29-28-,32-31-,40-14+,48-46+. The molecule has 9 N–H and O–H groups in total. The Labute approximate surface area is 475 Å². The van der Waals surface area contributed by atoms with Crippen LogP contribution in [0.4, 0.5) is 0 Å². The first kappa shape index (κ1) is 71.2. The van der Waals surface area contributed by atoms with E-state index in [0.29, 0.717) is 12.8 Å². The Morgan fingerprint density at radius 3 is 1.34 bits per heavy atom. The molecular weight excluding hydrogens is 1000 g/mol. The van der Waals surface area contributed by atoms with Crippen molar-refractivity contribution in [3.63, 3.8) is 0 Å². The number of amides is 1. The van der Waals surface area contributed by atoms with Crippen molar-refractivity contribution in [2.45, 2.75) is 248 Å². The summed E-state index contributed by atoms with van der Waals surface area (Å²) in [7, 11) is 0. The van der Waals surface area contributed by atoms with Gasteiger partial charge in [-0.1, -0.05) is 199 Å². The van der Waals surface area contributed by atoms with Crippen LogP contribution in [0.2, 0.25) is 0 Å². The highest BCUT2D eigenvalue weighted by atomic mass is 16.7. The predicted molar refractivity (Wildman–Crippen MR) is 318 cm³/mol. The van der Waals surface area contributed by atoms with Crippen molar-refractivity contribution in [1.29, 1.82) is 0 Å². The third-order valence-corrected chi connectivity index (χ3v) is 13.6. The zero-order chi connectivity index (χ0) is 57.4. The number of unbranched alkanes of at least 4 members (excludes halogenated alkanes) is 12. The molecular formula is C65H105NO13. The van der Waals surface area contributed by atoms with Crippen LogP contribution in [0.15, 0.2) is 134 Å². The summed E-state index contributed by atoms with van der Waals surface area (Å²) in [6.45, 7) is 2.49. The minimum atomic E-state index is -1.80. The van der Waals surface area contributed by atoms with E-state index in [1.54, 1.807) is 6.08 Å². The number of rotatable bonds is 45. The van der Waals surface area contributed by atoms with Crippen LogP contribution in [0.25, 0.3) is 0 Å². The first-order chi connectivity index (χ1) is 38.6. The lowest BCUT2D eigenvalue weighted by Gasteiger charge is -2.46. The fourth-order valence-corrected chi connectivity index (χ4v) is 8.81. The van der Waals surface area contributed by atoms with Crippen molar-refractivity contribution >= 4 is 5.91 Å². The van der Waals surface area contributed by atoms with Gasteiger partial charge in [-0.15, -0.1) is 0 Å². The number of aliphatic hydroxyl groups is 8. The first-order valence-corrected chi connectivity index (χ1v) is 29.9. The molecule has 14 heteroatoms. The van der Waals surface area contributed by atoms with Crippen LogP contribution in [-0.4, -0.2) is 140 Å². The maximum Gasteiger partial charge on any atom is 0.220 e. The number of nitrogens with one attached hydrogen (secondary N) is 1. The van der Waals surface area contributed by atoms with E-state index < -0.39 is 86.8 Å². The van der Waals surface area contributed by atoms with Crippen LogP contribution in [-0.2, 0) is 23.7 Å². The summed E-state index contributed by atoms with van der Waals surface area (Å²) in [6, 6.07) is -0.948. The van der Waals surface area contributed by atoms with Crippen LogP contribution in [0.3, 0.4) is 0 Å². The molecule has 0 aliphatic carbocycles. The van der Waals surface area contributed by atoms with E-state index >= 15 is 0 Å². The van der Waals surface area contributed by atoms with Crippen molar-refractivity contribution in [3.8, 4) is 0 Å². The highest BCUT2D eigenvalue weighted by Gasteiger charge is 2.51. The van der Waals surface area contributed by atoms with Gasteiger partial charge in [0.25, 0.3) is 0 Å². The molecule has 0 spiro atoms. The lowest BCUT2D eigenvalue weighted by Crippen LogP contribution is -2.65. The largest absolute Gasteiger partial charge is 0.394 e. The molecule has 14 nitrogen and oxygen atoms in total. The Balaban J connectivity index is 1.64. The van der Waals surface area contributed by atoms with Gasteiger partial charge in [0.2, 0.25) is 5.91 Å². The molecule has 448 valence electrons. The normalized spacial score (nSPS) is 25.4. The summed E-state index contributed by atoms with van der Waals surface area (Å²) >= 11 is 0. The maximum atomic E-state index is 13.2. The first-order valence-electron chi connectivity index (χ1n) is 29.9. The third kappa shape index (κ3) is 34.2. The summed E-state index contributed by atoms with van der Waals surface area (Å²) in [5.41, 5.74) is 0. The van der Waals surface area contributed by atoms with E-state index in [9.17, 15) is 45.6 Å². The molecule has 0 aromatic carbocycles. The molecule has 12 unspecified atom stereocenters. The van der Waals surface area contributed by atoms with Gasteiger partial charge in [0, 0.05) is 6.42 Å². The second-order valence-electron chi connectivity index (χ2n) is 20.3. The number of ether oxygens (including phenoxy) is 4. The van der Waals surface area contributed by atoms with E-state index in [0.717, 1.165) is 103 Å². The molecule has 0 radical (unpaired) electrons. The van der Waals surface area contributed by atoms with Gasteiger partial charge < -0.3 is 65.1 Å². The lowest BCUT2D eigenvalue weighted by molar-refractivity contribution is -0.359. The van der Waals surface area contributed by atoms with Crippen molar-refractivity contribution in [3.05, 3.63) is 134 Å². The molecule has 12 atom stereocenters. The molecule has 2 rings (SSSR count). The smallest absolute Gasteiger partial charge is 0.220 e. The summed E-state index contributed by atoms with van der Waals surface area (Å²) in [5, 5.41) is 86.8. The van der Waals surface area contributed by atoms with E-state index in [1.165, 1.54) is 38.5 Å². The summed E-state index contributed by atoms with van der Waals surface area (Å²) in [4.78, 5) is 13.2. The Morgan fingerprint density at radius 2 is 0.848 bits per heavy atom. The number of carbonyl (C=O) groups is 1. The highest BCUT2D eigenvalue weighted by molar-refractivity contribution is 5.76. The molecule has 0 aromatic rings. The number of aliphatic hydroxyl groups excluding tert-OH is 8. The van der Waals surface area contributed by atoms with E-state index in [4.69, 9.17) is 18.9 Å². The molecule has 2 aliphatic rings. The maximum absolute atomic E-state index is 13.2. The molecule has 0 bridgehead atoms. The molecule has 1 amide bonds. The highest BCUT2D eigenvalue weighted by Crippen LogP contribution is 2.30. The van der Waals surface area contributed by atoms with Crippen LogP contribution >= 0.6 is 0 Å². The van der Waals surface area contributed by atoms with Crippen molar-refractivity contribution < 1.29 is 64.6 Å². The average Bonchev–Trinajstić information content (AvgIpc) is 3.47. The molecule has 0 saturated carbocycles. The Hall–Kier alpha value is -3.87. The number of hydrogen-bond acceptors (Lipinski definition) is 13. The Bertz CT molecular complexity index is 1830. The molecule has 2 aliphatic heterocycles. The van der Waals surface area contributed by atoms with Crippen molar-refractivity contribution in [2.75, 3.05) is 19.8 Å². The van der Waals surface area contributed by atoms with Gasteiger partial charge in [-0.2, -0.15) is 0 Å². The van der Waals surface area contributed by atoms with Crippen LogP contribution in [0.1, 0.15) is 174 Å². The van der Waals surface area contributed by atoms with E-state index in [2.05, 4.69) is 141 Å². The molecule has 79 heavy (non-hydrogen) atoms.